The summed E-state index contributed by atoms with van der Waals surface area (Å²) in [6.07, 6.45) is 0. The van der Waals surface area contributed by atoms with E-state index >= 15 is 0 Å². The first-order chi connectivity index (χ1) is 17.6. The summed E-state index contributed by atoms with van der Waals surface area (Å²) >= 11 is 0. The van der Waals surface area contributed by atoms with Crippen molar-refractivity contribution in [2.24, 2.45) is 0 Å². The molecule has 0 aromatic heterocycles. The minimum atomic E-state index is 0.584. The van der Waals surface area contributed by atoms with Crippen LogP contribution in [-0.4, -0.2) is 0 Å². The van der Waals surface area contributed by atoms with E-state index in [1.165, 1.54) is 0 Å². The highest BCUT2D eigenvalue weighted by Crippen LogP contribution is 2.11. The monoisotopic (exact) mass is 453 g/mol. The van der Waals surface area contributed by atoms with Crippen LogP contribution < -0.4 is 0 Å². The molecule has 0 aliphatic heterocycles. The zero-order valence-corrected chi connectivity index (χ0v) is 19.0. The largest absolute Gasteiger partial charge is 0.192 e. The van der Waals surface area contributed by atoms with Gasteiger partial charge in [-0.05, 0) is 91.0 Å². The van der Waals surface area contributed by atoms with Gasteiger partial charge in [0.25, 0.3) is 0 Å². The fourth-order valence-electron chi connectivity index (χ4n) is 3.16. The molecular formula is C33H15N3. The minimum Gasteiger partial charge on any atom is -0.192 e. The van der Waals surface area contributed by atoms with Crippen LogP contribution in [0.1, 0.15) is 50.1 Å². The van der Waals surface area contributed by atoms with E-state index in [0.29, 0.717) is 16.7 Å². The van der Waals surface area contributed by atoms with E-state index in [1.807, 2.05) is 54.6 Å². The van der Waals surface area contributed by atoms with Crippen molar-refractivity contribution in [3.63, 3.8) is 0 Å². The van der Waals surface area contributed by atoms with Crippen molar-refractivity contribution in [3.05, 3.63) is 141 Å². The Hall–Kier alpha value is -5.97. The van der Waals surface area contributed by atoms with Crippen molar-refractivity contribution in [3.8, 4) is 53.7 Å². The number of hydrogen-bond acceptors (Lipinski definition) is 3. The standard InChI is InChI=1S/C33H15N3/c34-22-28-10-1-25(2-11-28)7-16-31-19-32(17-8-26-3-12-29(23-35)13-4-26)21-33(20-31)18-9-27-5-14-30(24-36)15-6-27/h1-6,10-15,19-21H. The molecule has 0 radical (unpaired) electrons. The van der Waals surface area contributed by atoms with E-state index in [1.54, 1.807) is 36.4 Å². The second-order valence-electron chi connectivity index (χ2n) is 7.62. The predicted octanol–water partition coefficient (Wildman–Crippen LogP) is 5.50. The Balaban J connectivity index is 1.70. The molecular weight excluding hydrogens is 438 g/mol. The van der Waals surface area contributed by atoms with Gasteiger partial charge < -0.3 is 0 Å². The van der Waals surface area contributed by atoms with E-state index in [2.05, 4.69) is 53.7 Å². The fourth-order valence-corrected chi connectivity index (χ4v) is 3.16. The third kappa shape index (κ3) is 6.30. The van der Waals surface area contributed by atoms with Crippen molar-refractivity contribution in [1.82, 2.24) is 0 Å². The average molecular weight is 454 g/mol. The Morgan fingerprint density at radius 1 is 0.278 bits per heavy atom. The lowest BCUT2D eigenvalue weighted by atomic mass is 10.0. The zero-order chi connectivity index (χ0) is 25.2. The summed E-state index contributed by atoms with van der Waals surface area (Å²) in [7, 11) is 0. The van der Waals surface area contributed by atoms with Crippen LogP contribution in [0.15, 0.2) is 91.0 Å². The molecule has 4 rings (SSSR count). The second-order valence-corrected chi connectivity index (χ2v) is 7.62. The molecule has 3 nitrogen and oxygen atoms in total. The number of nitriles is 3. The first-order valence-electron chi connectivity index (χ1n) is 10.9. The Kier molecular flexibility index (Phi) is 7.25. The van der Waals surface area contributed by atoms with Gasteiger partial charge in [-0.15, -0.1) is 0 Å². The highest BCUT2D eigenvalue weighted by Gasteiger charge is 1.98. The summed E-state index contributed by atoms with van der Waals surface area (Å²) in [6, 6.07) is 33.3. The molecule has 4 aromatic carbocycles. The van der Waals surface area contributed by atoms with Gasteiger partial charge in [-0.25, -0.2) is 0 Å². The molecule has 0 heterocycles. The highest BCUT2D eigenvalue weighted by molar-refractivity contribution is 5.55. The maximum atomic E-state index is 8.98. The number of hydrogen-bond donors (Lipinski definition) is 0. The zero-order valence-electron chi connectivity index (χ0n) is 19.0. The van der Waals surface area contributed by atoms with Gasteiger partial charge in [-0.1, -0.05) is 35.5 Å². The molecule has 36 heavy (non-hydrogen) atoms. The molecule has 0 atom stereocenters. The Bertz CT molecular complexity index is 1510. The van der Waals surface area contributed by atoms with Crippen molar-refractivity contribution in [2.45, 2.75) is 0 Å². The van der Waals surface area contributed by atoms with Gasteiger partial charge in [0.05, 0.1) is 34.9 Å². The molecule has 162 valence electrons. The molecule has 4 aromatic rings. The van der Waals surface area contributed by atoms with Gasteiger partial charge in [0.1, 0.15) is 0 Å². The van der Waals surface area contributed by atoms with Crippen LogP contribution in [0.3, 0.4) is 0 Å². The molecule has 0 saturated heterocycles. The van der Waals surface area contributed by atoms with Crippen LogP contribution in [0.4, 0.5) is 0 Å². The quantitative estimate of drug-likeness (QED) is 0.330. The summed E-state index contributed by atoms with van der Waals surface area (Å²) in [4.78, 5) is 0. The molecule has 3 heteroatoms. The fraction of sp³-hybridized carbons (Fsp3) is 0. The molecule has 0 unspecified atom stereocenters. The third-order valence-corrected chi connectivity index (χ3v) is 5.03. The van der Waals surface area contributed by atoms with Crippen LogP contribution in [-0.2, 0) is 0 Å². The van der Waals surface area contributed by atoms with Crippen molar-refractivity contribution in [2.75, 3.05) is 0 Å². The minimum absolute atomic E-state index is 0.584. The lowest BCUT2D eigenvalue weighted by Gasteiger charge is -1.98. The van der Waals surface area contributed by atoms with Gasteiger partial charge >= 0.3 is 0 Å². The number of rotatable bonds is 0. The van der Waals surface area contributed by atoms with Crippen LogP contribution in [0, 0.1) is 69.5 Å². The van der Waals surface area contributed by atoms with E-state index in [-0.39, 0.29) is 0 Å². The lowest BCUT2D eigenvalue weighted by Crippen LogP contribution is -1.86. The predicted molar refractivity (Wildman–Crippen MR) is 138 cm³/mol. The van der Waals surface area contributed by atoms with Crippen molar-refractivity contribution >= 4 is 0 Å². The topological polar surface area (TPSA) is 71.4 Å². The molecule has 0 aliphatic rings. The Morgan fingerprint density at radius 2 is 0.472 bits per heavy atom. The average Bonchev–Trinajstić information content (AvgIpc) is 2.94. The summed E-state index contributed by atoms with van der Waals surface area (Å²) < 4.78 is 0. The molecule has 0 bridgehead atoms. The summed E-state index contributed by atoms with van der Waals surface area (Å²) in [5.74, 6) is 18.9. The summed E-state index contributed by atoms with van der Waals surface area (Å²) in [5, 5.41) is 26.9. The van der Waals surface area contributed by atoms with E-state index in [9.17, 15) is 0 Å². The summed E-state index contributed by atoms with van der Waals surface area (Å²) in [5.41, 5.74) is 6.43. The van der Waals surface area contributed by atoms with Crippen LogP contribution in [0.25, 0.3) is 0 Å². The van der Waals surface area contributed by atoms with Crippen molar-refractivity contribution in [1.29, 1.82) is 15.8 Å². The first kappa shape index (κ1) is 23.2. The number of benzene rings is 4. The van der Waals surface area contributed by atoms with Crippen LogP contribution >= 0.6 is 0 Å². The Labute approximate surface area is 210 Å². The van der Waals surface area contributed by atoms with Gasteiger partial charge in [-0.3, -0.25) is 0 Å². The van der Waals surface area contributed by atoms with E-state index < -0.39 is 0 Å². The van der Waals surface area contributed by atoms with E-state index in [4.69, 9.17) is 15.8 Å². The second kappa shape index (κ2) is 11.2. The Morgan fingerprint density at radius 3 is 0.694 bits per heavy atom. The molecule has 0 N–H and O–H groups in total. The van der Waals surface area contributed by atoms with Gasteiger partial charge in [0.15, 0.2) is 0 Å². The van der Waals surface area contributed by atoms with Gasteiger partial charge in [-0.2, -0.15) is 15.8 Å². The maximum Gasteiger partial charge on any atom is 0.0991 e. The third-order valence-electron chi connectivity index (χ3n) is 5.03. The smallest absolute Gasteiger partial charge is 0.0991 e. The summed E-state index contributed by atoms with van der Waals surface area (Å²) in [6.45, 7) is 0. The van der Waals surface area contributed by atoms with Gasteiger partial charge in [0.2, 0.25) is 0 Å². The van der Waals surface area contributed by atoms with Gasteiger partial charge in [0, 0.05) is 33.4 Å². The normalized spacial score (nSPS) is 8.92. The number of nitrogens with zero attached hydrogens (tertiary/aromatic N) is 3. The lowest BCUT2D eigenvalue weighted by molar-refractivity contribution is 1.48. The van der Waals surface area contributed by atoms with E-state index in [0.717, 1.165) is 33.4 Å². The van der Waals surface area contributed by atoms with Crippen LogP contribution in [0.5, 0.6) is 0 Å². The molecule has 0 saturated carbocycles. The molecule has 0 amide bonds. The first-order valence-corrected chi connectivity index (χ1v) is 10.9. The highest BCUT2D eigenvalue weighted by atomic mass is 14.2. The maximum absolute atomic E-state index is 8.98. The van der Waals surface area contributed by atoms with Crippen molar-refractivity contribution < 1.29 is 0 Å². The SMILES string of the molecule is N#Cc1ccc(C#Cc2cc(C#Cc3ccc(C#N)cc3)cc(C#Cc3ccc(C#N)cc3)c2)cc1. The molecule has 0 aliphatic carbocycles. The molecule has 0 fully saturated rings. The van der Waals surface area contributed by atoms with Crippen LogP contribution in [0.2, 0.25) is 0 Å². The molecule has 0 spiro atoms.